The molecule has 1 fully saturated rings. The highest BCUT2D eigenvalue weighted by atomic mass is 16.5. The molecule has 1 aromatic rings. The number of ketones is 1. The quantitative estimate of drug-likeness (QED) is 0.746. The largest absolute Gasteiger partial charge is 0.497 e. The zero-order chi connectivity index (χ0) is 11.5. The van der Waals surface area contributed by atoms with E-state index < -0.39 is 5.92 Å². The Kier molecular flexibility index (Phi) is 2.78. The van der Waals surface area contributed by atoms with Gasteiger partial charge in [-0.15, -0.1) is 0 Å². The third kappa shape index (κ3) is 1.84. The summed E-state index contributed by atoms with van der Waals surface area (Å²) in [4.78, 5) is 13.3. The molecule has 82 valence electrons. The minimum absolute atomic E-state index is 0.00156. The van der Waals surface area contributed by atoms with Crippen LogP contribution >= 0.6 is 0 Å². The van der Waals surface area contributed by atoms with E-state index in [0.717, 1.165) is 11.4 Å². The maximum absolute atomic E-state index is 11.4. The summed E-state index contributed by atoms with van der Waals surface area (Å²) in [5, 5.41) is 8.77. The number of hydrogen-bond acceptors (Lipinski definition) is 4. The van der Waals surface area contributed by atoms with Gasteiger partial charge >= 0.3 is 0 Å². The lowest BCUT2D eigenvalue weighted by atomic mass is 10.1. The smallest absolute Gasteiger partial charge is 0.170 e. The average Bonchev–Trinajstić information content (AvgIpc) is 2.71. The SMILES string of the molecule is COc1ccc(N2CC(=O)C(C#N)C2)cc1. The first kappa shape index (κ1) is 10.5. The lowest BCUT2D eigenvalue weighted by Gasteiger charge is -2.16. The predicted octanol–water partition coefficient (Wildman–Crippen LogP) is 1.22. The van der Waals surface area contributed by atoms with Gasteiger partial charge in [0, 0.05) is 12.2 Å². The van der Waals surface area contributed by atoms with Crippen LogP contribution in [0.4, 0.5) is 5.69 Å². The molecule has 1 saturated heterocycles. The number of carbonyl (C=O) groups is 1. The molecule has 1 atom stereocenters. The van der Waals surface area contributed by atoms with Crippen LogP contribution in [0.1, 0.15) is 0 Å². The fraction of sp³-hybridized carbons (Fsp3) is 0.333. The van der Waals surface area contributed by atoms with Crippen LogP contribution in [0.25, 0.3) is 0 Å². The highest BCUT2D eigenvalue weighted by Crippen LogP contribution is 2.23. The van der Waals surface area contributed by atoms with E-state index in [-0.39, 0.29) is 5.78 Å². The summed E-state index contributed by atoms with van der Waals surface area (Å²) in [7, 11) is 1.61. The van der Waals surface area contributed by atoms with Gasteiger partial charge in [0.2, 0.25) is 0 Å². The number of benzene rings is 1. The van der Waals surface area contributed by atoms with Crippen LogP contribution in [0.5, 0.6) is 5.75 Å². The minimum atomic E-state index is -0.484. The van der Waals surface area contributed by atoms with E-state index in [2.05, 4.69) is 0 Å². The summed E-state index contributed by atoms with van der Waals surface area (Å²) in [6.45, 7) is 0.812. The van der Waals surface area contributed by atoms with Gasteiger partial charge in [-0.05, 0) is 24.3 Å². The van der Waals surface area contributed by atoms with Gasteiger partial charge in [0.15, 0.2) is 5.78 Å². The molecular formula is C12H12N2O2. The molecule has 1 aromatic carbocycles. The van der Waals surface area contributed by atoms with Crippen LogP contribution in [0.3, 0.4) is 0 Å². The first-order chi connectivity index (χ1) is 7.74. The first-order valence-corrected chi connectivity index (χ1v) is 5.06. The maximum atomic E-state index is 11.4. The van der Waals surface area contributed by atoms with E-state index >= 15 is 0 Å². The number of anilines is 1. The second-order valence-electron chi connectivity index (χ2n) is 3.73. The highest BCUT2D eigenvalue weighted by molar-refractivity contribution is 5.91. The van der Waals surface area contributed by atoms with E-state index in [0.29, 0.717) is 13.1 Å². The average molecular weight is 216 g/mol. The van der Waals surface area contributed by atoms with Gasteiger partial charge in [-0.2, -0.15) is 5.26 Å². The van der Waals surface area contributed by atoms with Crippen LogP contribution in [-0.4, -0.2) is 26.0 Å². The number of methoxy groups -OCH3 is 1. The Morgan fingerprint density at radius 3 is 2.62 bits per heavy atom. The predicted molar refractivity (Wildman–Crippen MR) is 59.3 cm³/mol. The third-order valence-corrected chi connectivity index (χ3v) is 2.73. The zero-order valence-electron chi connectivity index (χ0n) is 9.01. The second-order valence-corrected chi connectivity index (χ2v) is 3.73. The Bertz CT molecular complexity index is 433. The second kappa shape index (κ2) is 4.23. The normalized spacial score (nSPS) is 19.6. The Hall–Kier alpha value is -2.02. The Morgan fingerprint density at radius 1 is 1.44 bits per heavy atom. The van der Waals surface area contributed by atoms with Gasteiger partial charge in [-0.1, -0.05) is 0 Å². The molecular weight excluding hydrogens is 204 g/mol. The molecule has 1 heterocycles. The molecule has 0 N–H and O–H groups in total. The molecule has 0 spiro atoms. The van der Waals surface area contributed by atoms with Crippen molar-refractivity contribution in [2.24, 2.45) is 5.92 Å². The van der Waals surface area contributed by atoms with Gasteiger partial charge in [0.1, 0.15) is 11.7 Å². The van der Waals surface area contributed by atoms with Crippen LogP contribution in [0.2, 0.25) is 0 Å². The van der Waals surface area contributed by atoms with Crippen molar-refractivity contribution in [3.05, 3.63) is 24.3 Å². The maximum Gasteiger partial charge on any atom is 0.170 e. The van der Waals surface area contributed by atoms with Gasteiger partial charge in [-0.3, -0.25) is 4.79 Å². The molecule has 0 amide bonds. The Balaban J connectivity index is 2.14. The molecule has 4 nitrogen and oxygen atoms in total. The van der Waals surface area contributed by atoms with E-state index in [1.54, 1.807) is 7.11 Å². The summed E-state index contributed by atoms with van der Waals surface area (Å²) in [6.07, 6.45) is 0. The molecule has 0 bridgehead atoms. The summed E-state index contributed by atoms with van der Waals surface area (Å²) < 4.78 is 5.06. The Labute approximate surface area is 94.0 Å². The molecule has 0 aromatic heterocycles. The standard InChI is InChI=1S/C12H12N2O2/c1-16-11-4-2-10(3-5-11)14-7-9(6-13)12(15)8-14/h2-5,9H,7-8H2,1H3. The van der Waals surface area contributed by atoms with Crippen molar-refractivity contribution in [3.8, 4) is 11.8 Å². The molecule has 0 aliphatic carbocycles. The zero-order valence-corrected chi connectivity index (χ0v) is 9.01. The van der Waals surface area contributed by atoms with Crippen molar-refractivity contribution in [3.63, 3.8) is 0 Å². The summed E-state index contributed by atoms with van der Waals surface area (Å²) in [6, 6.07) is 9.50. The molecule has 1 unspecified atom stereocenters. The number of rotatable bonds is 2. The monoisotopic (exact) mass is 216 g/mol. The van der Waals surface area contributed by atoms with E-state index in [1.165, 1.54) is 0 Å². The summed E-state index contributed by atoms with van der Waals surface area (Å²) in [5.74, 6) is 0.298. The van der Waals surface area contributed by atoms with Crippen LogP contribution in [0, 0.1) is 17.2 Å². The number of hydrogen-bond donors (Lipinski definition) is 0. The minimum Gasteiger partial charge on any atom is -0.497 e. The van der Waals surface area contributed by atoms with Crippen molar-refractivity contribution in [2.45, 2.75) is 0 Å². The van der Waals surface area contributed by atoms with Gasteiger partial charge in [-0.25, -0.2) is 0 Å². The van der Waals surface area contributed by atoms with Crippen LogP contribution in [0.15, 0.2) is 24.3 Å². The van der Waals surface area contributed by atoms with E-state index in [4.69, 9.17) is 10.00 Å². The van der Waals surface area contributed by atoms with Crippen molar-refractivity contribution in [1.82, 2.24) is 0 Å². The van der Waals surface area contributed by atoms with Crippen LogP contribution in [-0.2, 0) is 4.79 Å². The van der Waals surface area contributed by atoms with Crippen molar-refractivity contribution in [1.29, 1.82) is 5.26 Å². The summed E-state index contributed by atoms with van der Waals surface area (Å²) in [5.41, 5.74) is 0.951. The molecule has 2 rings (SSSR count). The lowest BCUT2D eigenvalue weighted by molar-refractivity contribution is -0.118. The summed E-state index contributed by atoms with van der Waals surface area (Å²) >= 11 is 0. The number of nitriles is 1. The van der Waals surface area contributed by atoms with Crippen molar-refractivity contribution < 1.29 is 9.53 Å². The Morgan fingerprint density at radius 2 is 2.12 bits per heavy atom. The first-order valence-electron chi connectivity index (χ1n) is 5.06. The van der Waals surface area contributed by atoms with E-state index in [9.17, 15) is 4.79 Å². The molecule has 16 heavy (non-hydrogen) atoms. The number of Topliss-reactive ketones (excluding diaryl/α,β-unsaturated/α-hetero) is 1. The van der Waals surface area contributed by atoms with Gasteiger partial charge in [0.05, 0.1) is 19.7 Å². The number of ether oxygens (including phenoxy) is 1. The molecule has 0 saturated carbocycles. The molecule has 0 radical (unpaired) electrons. The van der Waals surface area contributed by atoms with E-state index in [1.807, 2.05) is 35.2 Å². The van der Waals surface area contributed by atoms with Crippen molar-refractivity contribution in [2.75, 3.05) is 25.1 Å². The number of carbonyl (C=O) groups excluding carboxylic acids is 1. The fourth-order valence-corrected chi connectivity index (χ4v) is 1.79. The van der Waals surface area contributed by atoms with Crippen molar-refractivity contribution >= 4 is 11.5 Å². The molecule has 1 aliphatic heterocycles. The highest BCUT2D eigenvalue weighted by Gasteiger charge is 2.30. The number of nitrogens with zero attached hydrogens (tertiary/aromatic N) is 2. The van der Waals surface area contributed by atoms with Gasteiger partial charge < -0.3 is 9.64 Å². The molecule has 4 heteroatoms. The van der Waals surface area contributed by atoms with Gasteiger partial charge in [0.25, 0.3) is 0 Å². The lowest BCUT2D eigenvalue weighted by Crippen LogP contribution is -2.19. The molecule has 1 aliphatic rings. The van der Waals surface area contributed by atoms with Crippen LogP contribution < -0.4 is 9.64 Å². The fourth-order valence-electron chi connectivity index (χ4n) is 1.79. The third-order valence-electron chi connectivity index (χ3n) is 2.73. The topological polar surface area (TPSA) is 53.3 Å².